The largest absolute Gasteiger partial charge is 0.478 e. The zero-order valence-electron chi connectivity index (χ0n) is 12.6. The molecule has 0 saturated heterocycles. The fraction of sp³-hybridized carbons (Fsp3) is 0.588. The number of hydrogen-bond acceptors (Lipinski definition) is 2. The second-order valence-electron chi connectivity index (χ2n) is 6.03. The fourth-order valence-corrected chi connectivity index (χ4v) is 3.59. The van der Waals surface area contributed by atoms with Gasteiger partial charge in [0.05, 0.1) is 5.56 Å². The highest BCUT2D eigenvalue weighted by Crippen LogP contribution is 2.26. The van der Waals surface area contributed by atoms with Crippen LogP contribution in [0, 0.1) is 5.92 Å². The average molecular weight is 354 g/mol. The Balaban J connectivity index is 1.91. The number of carboxylic acids is 1. The second kappa shape index (κ2) is 7.95. The standard InChI is InChI=1S/C17H24BrNO2/c1-12(13-6-4-2-3-5-7-13)19-11-15-9-8-14(17(20)21)10-16(15)18/h8-10,12-13,19H,2-7,11H2,1H3,(H,20,21)/t12-/m1/s1. The highest BCUT2D eigenvalue weighted by molar-refractivity contribution is 9.10. The van der Waals surface area contributed by atoms with Crippen LogP contribution in [0.5, 0.6) is 0 Å². The molecule has 0 amide bonds. The van der Waals surface area contributed by atoms with E-state index in [1.807, 2.05) is 6.07 Å². The van der Waals surface area contributed by atoms with E-state index in [-0.39, 0.29) is 0 Å². The summed E-state index contributed by atoms with van der Waals surface area (Å²) in [6, 6.07) is 5.74. The molecule has 21 heavy (non-hydrogen) atoms. The van der Waals surface area contributed by atoms with Crippen molar-refractivity contribution < 1.29 is 9.90 Å². The van der Waals surface area contributed by atoms with E-state index in [9.17, 15) is 4.79 Å². The molecule has 1 saturated carbocycles. The summed E-state index contributed by atoms with van der Waals surface area (Å²) in [5, 5.41) is 12.6. The minimum Gasteiger partial charge on any atom is -0.478 e. The van der Waals surface area contributed by atoms with Crippen molar-refractivity contribution in [3.8, 4) is 0 Å². The predicted molar refractivity (Wildman–Crippen MR) is 88.6 cm³/mol. The summed E-state index contributed by atoms with van der Waals surface area (Å²) in [6.45, 7) is 3.05. The Kier molecular flexibility index (Phi) is 6.24. The number of nitrogens with one attached hydrogen (secondary N) is 1. The molecule has 0 bridgehead atoms. The molecule has 1 aromatic rings. The SMILES string of the molecule is C[C@@H](NCc1ccc(C(=O)O)cc1Br)C1CCCCCC1. The lowest BCUT2D eigenvalue weighted by atomic mass is 9.93. The van der Waals surface area contributed by atoms with Crippen LogP contribution < -0.4 is 5.32 Å². The van der Waals surface area contributed by atoms with E-state index in [2.05, 4.69) is 28.2 Å². The summed E-state index contributed by atoms with van der Waals surface area (Å²) in [5.41, 5.74) is 1.43. The van der Waals surface area contributed by atoms with Crippen molar-refractivity contribution in [1.82, 2.24) is 5.32 Å². The van der Waals surface area contributed by atoms with Crippen molar-refractivity contribution in [2.75, 3.05) is 0 Å². The number of halogens is 1. The van der Waals surface area contributed by atoms with Gasteiger partial charge in [0.2, 0.25) is 0 Å². The first-order chi connectivity index (χ1) is 10.1. The minimum absolute atomic E-state index is 0.322. The van der Waals surface area contributed by atoms with Crippen LogP contribution in [0.1, 0.15) is 61.4 Å². The second-order valence-corrected chi connectivity index (χ2v) is 6.89. The highest BCUT2D eigenvalue weighted by Gasteiger charge is 2.18. The van der Waals surface area contributed by atoms with Crippen LogP contribution in [0.2, 0.25) is 0 Å². The molecule has 1 aliphatic rings. The molecular weight excluding hydrogens is 330 g/mol. The van der Waals surface area contributed by atoms with Gasteiger partial charge in [-0.3, -0.25) is 0 Å². The third kappa shape index (κ3) is 4.82. The first-order valence-electron chi connectivity index (χ1n) is 7.83. The van der Waals surface area contributed by atoms with E-state index in [0.29, 0.717) is 11.6 Å². The molecule has 1 aromatic carbocycles. The molecule has 1 fully saturated rings. The van der Waals surface area contributed by atoms with Gasteiger partial charge in [-0.25, -0.2) is 4.79 Å². The van der Waals surface area contributed by atoms with E-state index in [4.69, 9.17) is 5.11 Å². The van der Waals surface area contributed by atoms with Gasteiger partial charge in [0.1, 0.15) is 0 Å². The average Bonchev–Trinajstić information content (AvgIpc) is 2.74. The normalized spacial score (nSPS) is 18.2. The Labute approximate surface area is 135 Å². The third-order valence-electron chi connectivity index (χ3n) is 4.52. The first-order valence-corrected chi connectivity index (χ1v) is 8.62. The topological polar surface area (TPSA) is 49.3 Å². The van der Waals surface area contributed by atoms with Crippen molar-refractivity contribution in [1.29, 1.82) is 0 Å². The van der Waals surface area contributed by atoms with Gasteiger partial charge < -0.3 is 10.4 Å². The van der Waals surface area contributed by atoms with Crippen LogP contribution >= 0.6 is 15.9 Å². The van der Waals surface area contributed by atoms with E-state index in [1.54, 1.807) is 12.1 Å². The van der Waals surface area contributed by atoms with Gasteiger partial charge in [0.25, 0.3) is 0 Å². The van der Waals surface area contributed by atoms with Gasteiger partial charge in [0, 0.05) is 17.1 Å². The Morgan fingerprint density at radius 2 is 2.00 bits per heavy atom. The van der Waals surface area contributed by atoms with Gasteiger partial charge in [0.15, 0.2) is 0 Å². The maximum Gasteiger partial charge on any atom is 0.335 e. The van der Waals surface area contributed by atoms with Crippen LogP contribution in [0.3, 0.4) is 0 Å². The molecule has 1 aliphatic carbocycles. The monoisotopic (exact) mass is 353 g/mol. The molecule has 0 aliphatic heterocycles. The van der Waals surface area contributed by atoms with Crippen molar-refractivity contribution in [3.63, 3.8) is 0 Å². The summed E-state index contributed by atoms with van der Waals surface area (Å²) in [5.74, 6) is -0.119. The molecule has 2 rings (SSSR count). The molecule has 1 atom stereocenters. The van der Waals surface area contributed by atoms with Crippen molar-refractivity contribution in [3.05, 3.63) is 33.8 Å². The third-order valence-corrected chi connectivity index (χ3v) is 5.26. The van der Waals surface area contributed by atoms with Gasteiger partial charge in [-0.05, 0) is 43.4 Å². The van der Waals surface area contributed by atoms with Crippen LogP contribution in [-0.4, -0.2) is 17.1 Å². The van der Waals surface area contributed by atoms with Crippen LogP contribution in [0.15, 0.2) is 22.7 Å². The summed E-state index contributed by atoms with van der Waals surface area (Å²) in [7, 11) is 0. The molecule has 2 N–H and O–H groups in total. The smallest absolute Gasteiger partial charge is 0.335 e. The fourth-order valence-electron chi connectivity index (χ4n) is 3.07. The minimum atomic E-state index is -0.887. The molecule has 3 nitrogen and oxygen atoms in total. The van der Waals surface area contributed by atoms with E-state index < -0.39 is 5.97 Å². The van der Waals surface area contributed by atoms with Crippen molar-refractivity contribution in [2.45, 2.75) is 58.0 Å². The molecular formula is C17H24BrNO2. The Morgan fingerprint density at radius 1 is 1.33 bits per heavy atom. The van der Waals surface area contributed by atoms with E-state index in [1.165, 1.54) is 38.5 Å². The Morgan fingerprint density at radius 3 is 2.57 bits per heavy atom. The summed E-state index contributed by atoms with van der Waals surface area (Å²) in [4.78, 5) is 10.9. The molecule has 0 heterocycles. The molecule has 4 heteroatoms. The zero-order chi connectivity index (χ0) is 15.2. The van der Waals surface area contributed by atoms with Crippen molar-refractivity contribution in [2.24, 2.45) is 5.92 Å². The number of aromatic carboxylic acids is 1. The lowest BCUT2D eigenvalue weighted by Gasteiger charge is -2.24. The van der Waals surface area contributed by atoms with Gasteiger partial charge >= 0.3 is 5.97 Å². The van der Waals surface area contributed by atoms with Gasteiger partial charge in [-0.1, -0.05) is 47.7 Å². The number of benzene rings is 1. The summed E-state index contributed by atoms with van der Waals surface area (Å²) in [6.07, 6.45) is 8.12. The molecule has 0 spiro atoms. The highest BCUT2D eigenvalue weighted by atomic mass is 79.9. The molecule has 0 aromatic heterocycles. The van der Waals surface area contributed by atoms with Crippen molar-refractivity contribution >= 4 is 21.9 Å². The van der Waals surface area contributed by atoms with Gasteiger partial charge in [-0.15, -0.1) is 0 Å². The maximum absolute atomic E-state index is 10.9. The van der Waals surface area contributed by atoms with Gasteiger partial charge in [-0.2, -0.15) is 0 Å². The van der Waals surface area contributed by atoms with E-state index >= 15 is 0 Å². The number of carbonyl (C=O) groups is 1. The van der Waals surface area contributed by atoms with Crippen LogP contribution in [0.4, 0.5) is 0 Å². The predicted octanol–water partition coefficient (Wildman–Crippen LogP) is 4.60. The lowest BCUT2D eigenvalue weighted by Crippen LogP contribution is -2.33. The lowest BCUT2D eigenvalue weighted by molar-refractivity contribution is 0.0697. The first kappa shape index (κ1) is 16.5. The Hall–Kier alpha value is -0.870. The molecule has 0 radical (unpaired) electrons. The number of hydrogen-bond donors (Lipinski definition) is 2. The van der Waals surface area contributed by atoms with Crippen LogP contribution in [0.25, 0.3) is 0 Å². The number of carboxylic acid groups (broad SMARTS) is 1. The maximum atomic E-state index is 10.9. The zero-order valence-corrected chi connectivity index (χ0v) is 14.2. The molecule has 116 valence electrons. The Bertz CT molecular complexity index is 482. The van der Waals surface area contributed by atoms with Crippen LogP contribution in [-0.2, 0) is 6.54 Å². The quantitative estimate of drug-likeness (QED) is 0.760. The molecule has 0 unspecified atom stereocenters. The number of rotatable bonds is 5. The van der Waals surface area contributed by atoms with E-state index in [0.717, 1.165) is 22.5 Å². The summed E-state index contributed by atoms with van der Waals surface area (Å²) < 4.78 is 0.864. The summed E-state index contributed by atoms with van der Waals surface area (Å²) >= 11 is 3.47.